The Balaban J connectivity index is 1.54. The normalized spacial score (nSPS) is 25.6. The number of likely N-dealkylation sites (tertiary alicyclic amines) is 1. The number of imide groups is 1. The van der Waals surface area contributed by atoms with Gasteiger partial charge in [0.25, 0.3) is 5.91 Å². The summed E-state index contributed by atoms with van der Waals surface area (Å²) >= 11 is 1.46. The van der Waals surface area contributed by atoms with E-state index in [1.54, 1.807) is 0 Å². The molecule has 2 fully saturated rings. The average Bonchev–Trinajstić information content (AvgIpc) is 3.06. The van der Waals surface area contributed by atoms with E-state index in [1.807, 2.05) is 18.4 Å². The van der Waals surface area contributed by atoms with E-state index >= 15 is 0 Å². The molecule has 1 aliphatic heterocycles. The van der Waals surface area contributed by atoms with Crippen molar-refractivity contribution in [1.82, 2.24) is 10.2 Å². The molecule has 0 unspecified atom stereocenters. The van der Waals surface area contributed by atoms with Crippen molar-refractivity contribution in [3.63, 3.8) is 0 Å². The van der Waals surface area contributed by atoms with Crippen LogP contribution in [-0.2, 0) is 9.59 Å². The van der Waals surface area contributed by atoms with Crippen molar-refractivity contribution in [3.8, 4) is 0 Å². The maximum absolute atomic E-state index is 12.2. The van der Waals surface area contributed by atoms with Gasteiger partial charge in [0.2, 0.25) is 11.8 Å². The molecule has 0 radical (unpaired) electrons. The predicted molar refractivity (Wildman–Crippen MR) is 83.7 cm³/mol. The van der Waals surface area contributed by atoms with Crippen molar-refractivity contribution in [2.75, 3.05) is 0 Å². The molecule has 3 amide bonds. The molecule has 1 aliphatic carbocycles. The monoisotopic (exact) mass is 320 g/mol. The summed E-state index contributed by atoms with van der Waals surface area (Å²) < 4.78 is 0. The lowest BCUT2D eigenvalue weighted by Crippen LogP contribution is -2.45. The molecule has 0 atom stereocenters. The van der Waals surface area contributed by atoms with E-state index < -0.39 is 0 Å². The van der Waals surface area contributed by atoms with E-state index in [2.05, 4.69) is 5.32 Å². The Morgan fingerprint density at radius 1 is 1.18 bits per heavy atom. The predicted octanol–water partition coefficient (Wildman–Crippen LogP) is 2.25. The first-order valence-corrected chi connectivity index (χ1v) is 8.64. The van der Waals surface area contributed by atoms with E-state index in [1.165, 1.54) is 16.2 Å². The van der Waals surface area contributed by atoms with Crippen molar-refractivity contribution in [3.05, 3.63) is 21.9 Å². The van der Waals surface area contributed by atoms with Crippen LogP contribution >= 0.6 is 11.3 Å². The fraction of sp³-hybridized carbons (Fsp3) is 0.562. The van der Waals surface area contributed by atoms with Gasteiger partial charge in [-0.25, -0.2) is 0 Å². The zero-order valence-electron chi connectivity index (χ0n) is 12.6. The van der Waals surface area contributed by atoms with Gasteiger partial charge < -0.3 is 5.32 Å². The Bertz CT molecular complexity index is 586. The summed E-state index contributed by atoms with van der Waals surface area (Å²) in [4.78, 5) is 38.0. The molecule has 1 aromatic rings. The minimum absolute atomic E-state index is 0.00993. The first-order chi connectivity index (χ1) is 10.6. The molecular weight excluding hydrogens is 300 g/mol. The minimum Gasteiger partial charge on any atom is -0.349 e. The Labute approximate surface area is 133 Å². The van der Waals surface area contributed by atoms with Crippen LogP contribution in [0.1, 0.15) is 53.8 Å². The molecule has 1 saturated carbocycles. The van der Waals surface area contributed by atoms with Crippen molar-refractivity contribution in [2.24, 2.45) is 0 Å². The quantitative estimate of drug-likeness (QED) is 0.869. The van der Waals surface area contributed by atoms with Crippen LogP contribution in [0.2, 0.25) is 0 Å². The SMILES string of the molecule is Cc1ccsc1C(=O)NC1CCC(N2C(=O)CCC2=O)CC1. The molecular formula is C16H20N2O3S. The molecule has 118 valence electrons. The highest BCUT2D eigenvalue weighted by atomic mass is 32.1. The number of aryl methyl sites for hydroxylation is 1. The maximum Gasteiger partial charge on any atom is 0.261 e. The lowest BCUT2D eigenvalue weighted by Gasteiger charge is -2.33. The average molecular weight is 320 g/mol. The summed E-state index contributed by atoms with van der Waals surface area (Å²) in [6, 6.07) is 2.11. The fourth-order valence-corrected chi connectivity index (χ4v) is 4.16. The van der Waals surface area contributed by atoms with Crippen molar-refractivity contribution in [1.29, 1.82) is 0 Å². The van der Waals surface area contributed by atoms with Crippen LogP contribution in [0.15, 0.2) is 11.4 Å². The van der Waals surface area contributed by atoms with Gasteiger partial charge in [-0.2, -0.15) is 0 Å². The number of carbonyl (C=O) groups excluding carboxylic acids is 3. The van der Waals surface area contributed by atoms with Crippen LogP contribution < -0.4 is 5.32 Å². The summed E-state index contributed by atoms with van der Waals surface area (Å²) in [6.07, 6.45) is 3.91. The van der Waals surface area contributed by atoms with Crippen LogP contribution in [0.4, 0.5) is 0 Å². The smallest absolute Gasteiger partial charge is 0.261 e. The standard InChI is InChI=1S/C16H20N2O3S/c1-10-8-9-22-15(10)16(21)17-11-2-4-12(5-3-11)18-13(19)6-7-14(18)20/h8-9,11-12H,2-7H2,1H3,(H,17,21). The van der Waals surface area contributed by atoms with Crippen LogP contribution in [0.5, 0.6) is 0 Å². The zero-order valence-corrected chi connectivity index (χ0v) is 13.4. The molecule has 0 spiro atoms. The number of rotatable bonds is 3. The third kappa shape index (κ3) is 2.92. The number of nitrogens with one attached hydrogen (secondary N) is 1. The largest absolute Gasteiger partial charge is 0.349 e. The van der Waals surface area contributed by atoms with Gasteiger partial charge in [0, 0.05) is 24.9 Å². The van der Waals surface area contributed by atoms with Crippen molar-refractivity contribution in [2.45, 2.75) is 57.5 Å². The number of thiophene rings is 1. The third-order valence-corrected chi connectivity index (χ3v) is 5.57. The van der Waals surface area contributed by atoms with Crippen molar-refractivity contribution < 1.29 is 14.4 Å². The first-order valence-electron chi connectivity index (χ1n) is 7.76. The second-order valence-electron chi connectivity index (χ2n) is 6.07. The number of hydrogen-bond acceptors (Lipinski definition) is 4. The summed E-state index contributed by atoms with van der Waals surface area (Å²) in [5.41, 5.74) is 1.00. The summed E-state index contributed by atoms with van der Waals surface area (Å²) in [5.74, 6) is -0.0809. The Morgan fingerprint density at radius 3 is 2.36 bits per heavy atom. The fourth-order valence-electron chi connectivity index (χ4n) is 3.34. The number of amides is 3. The molecule has 0 aromatic carbocycles. The highest BCUT2D eigenvalue weighted by Gasteiger charge is 2.37. The van der Waals surface area contributed by atoms with E-state index in [0.717, 1.165) is 36.1 Å². The zero-order chi connectivity index (χ0) is 15.7. The van der Waals surface area contributed by atoms with E-state index in [0.29, 0.717) is 12.8 Å². The Morgan fingerprint density at radius 2 is 1.82 bits per heavy atom. The molecule has 2 heterocycles. The molecule has 3 rings (SSSR count). The topological polar surface area (TPSA) is 66.5 Å². The lowest BCUT2D eigenvalue weighted by atomic mass is 9.90. The van der Waals surface area contributed by atoms with Crippen LogP contribution in [0.3, 0.4) is 0 Å². The molecule has 1 aromatic heterocycles. The highest BCUT2D eigenvalue weighted by molar-refractivity contribution is 7.12. The second-order valence-corrected chi connectivity index (χ2v) is 6.99. The summed E-state index contributed by atoms with van der Waals surface area (Å²) in [7, 11) is 0. The molecule has 6 heteroatoms. The van der Waals surface area contributed by atoms with Gasteiger partial charge in [0.05, 0.1) is 4.88 Å². The van der Waals surface area contributed by atoms with Crippen molar-refractivity contribution >= 4 is 29.1 Å². The molecule has 0 bridgehead atoms. The minimum atomic E-state index is -0.0355. The van der Waals surface area contributed by atoms with Crippen LogP contribution in [0, 0.1) is 6.92 Å². The van der Waals surface area contributed by atoms with E-state index in [9.17, 15) is 14.4 Å². The number of hydrogen-bond donors (Lipinski definition) is 1. The van der Waals surface area contributed by atoms with E-state index in [4.69, 9.17) is 0 Å². The van der Waals surface area contributed by atoms with Gasteiger partial charge in [0.15, 0.2) is 0 Å². The number of nitrogens with zero attached hydrogens (tertiary/aromatic N) is 1. The Kier molecular flexibility index (Phi) is 4.29. The molecule has 1 saturated heterocycles. The van der Waals surface area contributed by atoms with Crippen LogP contribution in [-0.4, -0.2) is 34.7 Å². The van der Waals surface area contributed by atoms with Gasteiger partial charge in [-0.3, -0.25) is 19.3 Å². The maximum atomic E-state index is 12.2. The highest BCUT2D eigenvalue weighted by Crippen LogP contribution is 2.28. The lowest BCUT2D eigenvalue weighted by molar-refractivity contribution is -0.141. The first kappa shape index (κ1) is 15.2. The van der Waals surface area contributed by atoms with Gasteiger partial charge in [-0.05, 0) is 49.6 Å². The molecule has 1 N–H and O–H groups in total. The summed E-state index contributed by atoms with van der Waals surface area (Å²) in [6.45, 7) is 1.94. The number of carbonyl (C=O) groups is 3. The van der Waals surface area contributed by atoms with Gasteiger partial charge in [0.1, 0.15) is 0 Å². The summed E-state index contributed by atoms with van der Waals surface area (Å²) in [5, 5.41) is 5.00. The second kappa shape index (κ2) is 6.20. The molecule has 2 aliphatic rings. The van der Waals surface area contributed by atoms with E-state index in [-0.39, 0.29) is 29.8 Å². The van der Waals surface area contributed by atoms with Gasteiger partial charge >= 0.3 is 0 Å². The molecule has 5 nitrogen and oxygen atoms in total. The van der Waals surface area contributed by atoms with Crippen LogP contribution in [0.25, 0.3) is 0 Å². The molecule has 22 heavy (non-hydrogen) atoms. The van der Waals surface area contributed by atoms with Gasteiger partial charge in [-0.15, -0.1) is 11.3 Å². The van der Waals surface area contributed by atoms with Gasteiger partial charge in [-0.1, -0.05) is 0 Å². The third-order valence-electron chi connectivity index (χ3n) is 4.56. The Hall–Kier alpha value is -1.69.